The molecule has 1 aromatic heterocycles. The molecule has 0 aliphatic heterocycles. The van der Waals surface area contributed by atoms with Crippen molar-refractivity contribution in [3.8, 4) is 0 Å². The number of aromatic nitrogens is 1. The fraction of sp³-hybridized carbons (Fsp3) is 0.643. The van der Waals surface area contributed by atoms with E-state index in [-0.39, 0.29) is 11.6 Å². The van der Waals surface area contributed by atoms with Gasteiger partial charge < -0.3 is 11.5 Å². The van der Waals surface area contributed by atoms with Gasteiger partial charge in [-0.2, -0.15) is 0 Å². The predicted octanol–water partition coefficient (Wildman–Crippen LogP) is 2.83. The van der Waals surface area contributed by atoms with Crippen LogP contribution in [0.4, 0.5) is 5.82 Å². The Kier molecular flexibility index (Phi) is 5.59. The first-order valence-electron chi connectivity index (χ1n) is 6.82. The van der Waals surface area contributed by atoms with Crippen molar-refractivity contribution in [3.05, 3.63) is 22.8 Å². The van der Waals surface area contributed by atoms with E-state index in [2.05, 4.69) is 37.6 Å². The number of hydrogen-bond donors (Lipinski definition) is 2. The number of pyridine rings is 1. The zero-order valence-electron chi connectivity index (χ0n) is 12.3. The number of hydrogen-bond acceptors (Lipinski definition) is 4. The van der Waals surface area contributed by atoms with Crippen molar-refractivity contribution in [2.24, 2.45) is 5.73 Å². The molecule has 0 spiro atoms. The molecule has 2 unspecified atom stereocenters. The lowest BCUT2D eigenvalue weighted by Crippen LogP contribution is -2.53. The highest BCUT2D eigenvalue weighted by Gasteiger charge is 2.36. The Labute approximate surface area is 121 Å². The number of nitrogens with zero attached hydrogens (tertiary/aromatic N) is 2. The van der Waals surface area contributed by atoms with Gasteiger partial charge in [0.2, 0.25) is 0 Å². The highest BCUT2D eigenvalue weighted by Crippen LogP contribution is 2.35. The second kappa shape index (κ2) is 6.55. The van der Waals surface area contributed by atoms with Gasteiger partial charge in [0.25, 0.3) is 0 Å². The minimum absolute atomic E-state index is 0.163. The van der Waals surface area contributed by atoms with Gasteiger partial charge in [-0.05, 0) is 32.5 Å². The molecule has 0 saturated heterocycles. The summed E-state index contributed by atoms with van der Waals surface area (Å²) in [6.07, 6.45) is 2.48. The largest absolute Gasteiger partial charge is 0.383 e. The summed E-state index contributed by atoms with van der Waals surface area (Å²) in [5.74, 6) is 0.462. The average Bonchev–Trinajstić information content (AvgIpc) is 2.41. The second-order valence-corrected chi connectivity index (χ2v) is 5.43. The fourth-order valence-corrected chi connectivity index (χ4v) is 2.80. The SMILES string of the molecule is CCN(CC)C(C)(CC)C(N)c1cc(Cl)cnc1N. The summed E-state index contributed by atoms with van der Waals surface area (Å²) < 4.78 is 0. The molecule has 0 bridgehead atoms. The van der Waals surface area contributed by atoms with E-state index in [0.29, 0.717) is 10.8 Å². The van der Waals surface area contributed by atoms with Gasteiger partial charge in [0.15, 0.2) is 0 Å². The van der Waals surface area contributed by atoms with E-state index in [1.807, 2.05) is 6.07 Å². The highest BCUT2D eigenvalue weighted by atomic mass is 35.5. The van der Waals surface area contributed by atoms with Crippen LogP contribution in [-0.2, 0) is 0 Å². The molecule has 2 atom stereocenters. The van der Waals surface area contributed by atoms with E-state index in [1.54, 1.807) is 6.20 Å². The van der Waals surface area contributed by atoms with Crippen molar-refractivity contribution in [1.29, 1.82) is 0 Å². The number of rotatable bonds is 6. The zero-order chi connectivity index (χ0) is 14.6. The number of halogens is 1. The summed E-state index contributed by atoms with van der Waals surface area (Å²) in [5.41, 5.74) is 13.1. The van der Waals surface area contributed by atoms with Crippen LogP contribution in [0.15, 0.2) is 12.3 Å². The van der Waals surface area contributed by atoms with Crippen LogP contribution >= 0.6 is 11.6 Å². The van der Waals surface area contributed by atoms with Crippen LogP contribution in [0.25, 0.3) is 0 Å². The summed E-state index contributed by atoms with van der Waals surface area (Å²) in [4.78, 5) is 6.46. The molecular formula is C14H25ClN4. The van der Waals surface area contributed by atoms with Gasteiger partial charge in [-0.1, -0.05) is 32.4 Å². The summed E-state index contributed by atoms with van der Waals surface area (Å²) in [6.45, 7) is 10.5. The van der Waals surface area contributed by atoms with E-state index in [4.69, 9.17) is 23.1 Å². The van der Waals surface area contributed by atoms with Gasteiger partial charge in [0.1, 0.15) is 5.82 Å². The maximum absolute atomic E-state index is 6.49. The van der Waals surface area contributed by atoms with Crippen molar-refractivity contribution in [2.45, 2.75) is 45.7 Å². The molecule has 0 amide bonds. The molecule has 0 aliphatic rings. The Bertz CT molecular complexity index is 420. The van der Waals surface area contributed by atoms with Gasteiger partial charge >= 0.3 is 0 Å². The van der Waals surface area contributed by atoms with Crippen LogP contribution in [0.5, 0.6) is 0 Å². The third-order valence-corrected chi connectivity index (χ3v) is 4.33. The molecule has 1 heterocycles. The first-order valence-corrected chi connectivity index (χ1v) is 7.20. The Morgan fingerprint density at radius 1 is 1.37 bits per heavy atom. The molecule has 4 nitrogen and oxygen atoms in total. The van der Waals surface area contributed by atoms with Crippen LogP contribution in [-0.4, -0.2) is 28.5 Å². The van der Waals surface area contributed by atoms with Gasteiger partial charge in [-0.3, -0.25) is 4.90 Å². The Hall–Kier alpha value is -0.840. The lowest BCUT2D eigenvalue weighted by molar-refractivity contribution is 0.0846. The molecule has 1 aromatic rings. The topological polar surface area (TPSA) is 68.2 Å². The molecule has 5 heteroatoms. The summed E-state index contributed by atoms with van der Waals surface area (Å²) in [6, 6.07) is 1.61. The van der Waals surface area contributed by atoms with Crippen LogP contribution in [0, 0.1) is 0 Å². The molecule has 1 rings (SSSR count). The zero-order valence-corrected chi connectivity index (χ0v) is 13.0. The van der Waals surface area contributed by atoms with Gasteiger partial charge in [-0.25, -0.2) is 4.98 Å². The molecule has 0 fully saturated rings. The number of likely N-dealkylation sites (N-methyl/N-ethyl adjacent to an activating group) is 1. The summed E-state index contributed by atoms with van der Waals surface area (Å²) in [5, 5.41) is 0.567. The molecule has 4 N–H and O–H groups in total. The van der Waals surface area contributed by atoms with Crippen LogP contribution < -0.4 is 11.5 Å². The Morgan fingerprint density at radius 3 is 2.42 bits per heavy atom. The van der Waals surface area contributed by atoms with E-state index in [9.17, 15) is 0 Å². The van der Waals surface area contributed by atoms with E-state index < -0.39 is 0 Å². The number of nitrogen functional groups attached to an aromatic ring is 1. The lowest BCUT2D eigenvalue weighted by Gasteiger charge is -2.44. The van der Waals surface area contributed by atoms with Crippen molar-refractivity contribution < 1.29 is 0 Å². The minimum atomic E-state index is -0.219. The van der Waals surface area contributed by atoms with E-state index in [0.717, 1.165) is 25.1 Å². The quantitative estimate of drug-likeness (QED) is 0.843. The highest BCUT2D eigenvalue weighted by molar-refractivity contribution is 6.30. The third-order valence-electron chi connectivity index (χ3n) is 4.12. The Balaban J connectivity index is 3.20. The molecule has 0 radical (unpaired) electrons. The van der Waals surface area contributed by atoms with E-state index >= 15 is 0 Å². The minimum Gasteiger partial charge on any atom is -0.383 e. The summed E-state index contributed by atoms with van der Waals surface area (Å²) in [7, 11) is 0. The van der Waals surface area contributed by atoms with E-state index in [1.165, 1.54) is 0 Å². The molecule has 108 valence electrons. The number of anilines is 1. The second-order valence-electron chi connectivity index (χ2n) is 4.99. The van der Waals surface area contributed by atoms with Crippen molar-refractivity contribution in [1.82, 2.24) is 9.88 Å². The van der Waals surface area contributed by atoms with Crippen molar-refractivity contribution >= 4 is 17.4 Å². The van der Waals surface area contributed by atoms with Crippen LogP contribution in [0.3, 0.4) is 0 Å². The molecule has 0 saturated carbocycles. The molecule has 19 heavy (non-hydrogen) atoms. The lowest BCUT2D eigenvalue weighted by atomic mass is 9.83. The maximum atomic E-state index is 6.49. The smallest absolute Gasteiger partial charge is 0.128 e. The van der Waals surface area contributed by atoms with Gasteiger partial charge in [-0.15, -0.1) is 0 Å². The van der Waals surface area contributed by atoms with Gasteiger partial charge in [0, 0.05) is 17.3 Å². The summed E-state index contributed by atoms with van der Waals surface area (Å²) >= 11 is 6.01. The Morgan fingerprint density at radius 2 is 1.95 bits per heavy atom. The maximum Gasteiger partial charge on any atom is 0.128 e. The van der Waals surface area contributed by atoms with Crippen molar-refractivity contribution in [2.75, 3.05) is 18.8 Å². The van der Waals surface area contributed by atoms with Crippen molar-refractivity contribution in [3.63, 3.8) is 0 Å². The predicted molar refractivity (Wildman–Crippen MR) is 82.2 cm³/mol. The normalized spacial score (nSPS) is 16.4. The van der Waals surface area contributed by atoms with Gasteiger partial charge in [0.05, 0.1) is 11.1 Å². The average molecular weight is 285 g/mol. The first-order chi connectivity index (χ1) is 8.90. The standard InChI is InChI=1S/C14H25ClN4/c1-5-14(4,19(6-2)7-3)12(16)11-8-10(15)9-18-13(11)17/h8-9,12H,5-7,16H2,1-4H3,(H2,17,18). The molecule has 0 aromatic carbocycles. The molecular weight excluding hydrogens is 260 g/mol. The number of nitrogens with two attached hydrogens (primary N) is 2. The molecule has 0 aliphatic carbocycles. The first kappa shape index (κ1) is 16.2. The van der Waals surface area contributed by atoms with Crippen LogP contribution in [0.1, 0.15) is 45.7 Å². The fourth-order valence-electron chi connectivity index (χ4n) is 2.64. The third kappa shape index (κ3) is 3.19. The van der Waals surface area contributed by atoms with Crippen LogP contribution in [0.2, 0.25) is 5.02 Å². The monoisotopic (exact) mass is 284 g/mol.